The summed E-state index contributed by atoms with van der Waals surface area (Å²) in [7, 11) is 0. The number of hydrogen-bond acceptors (Lipinski definition) is 9. The first-order chi connectivity index (χ1) is 18.7. The van der Waals surface area contributed by atoms with Crippen molar-refractivity contribution in [1.29, 1.82) is 0 Å². The normalized spacial score (nSPS) is 13.8. The molecule has 0 aliphatic heterocycles. The van der Waals surface area contributed by atoms with E-state index in [1.807, 2.05) is 20.8 Å². The van der Waals surface area contributed by atoms with Gasteiger partial charge in [0.05, 0.1) is 10.8 Å². The largest absolute Gasteiger partial charge is 0.490 e. The van der Waals surface area contributed by atoms with Crippen LogP contribution in [-0.2, 0) is 42.9 Å². The van der Waals surface area contributed by atoms with Crippen LogP contribution in [0.1, 0.15) is 88.0 Å². The number of esters is 4. The molecule has 0 fully saturated rings. The van der Waals surface area contributed by atoms with E-state index >= 15 is 0 Å². The standard InChI is InChI=1S/C29H43F3O9/c1-10-28(9,25(36)40-16-17-41-26(37)29(30,31)32)13-11-12-27(7,8)24(35)39-15-14-38-23(34)22(33)21(6)20(5)19(4)18(2)3/h10-17H2,1-9H3/b21-20+. The van der Waals surface area contributed by atoms with Crippen molar-refractivity contribution in [1.82, 2.24) is 0 Å². The Balaban J connectivity index is 4.70. The Morgan fingerprint density at radius 2 is 1.07 bits per heavy atom. The predicted octanol–water partition coefficient (Wildman–Crippen LogP) is 5.60. The summed E-state index contributed by atoms with van der Waals surface area (Å²) in [5.41, 5.74) is 0.984. The molecule has 0 aromatic carbocycles. The van der Waals surface area contributed by atoms with Gasteiger partial charge in [0.15, 0.2) is 0 Å². The minimum atomic E-state index is -5.13. The molecule has 41 heavy (non-hydrogen) atoms. The maximum Gasteiger partial charge on any atom is 0.490 e. The molecule has 0 amide bonds. The Kier molecular flexibility index (Phi) is 15.0. The van der Waals surface area contributed by atoms with Gasteiger partial charge in [-0.15, -0.1) is 0 Å². The first kappa shape index (κ1) is 37.8. The monoisotopic (exact) mass is 592 g/mol. The summed E-state index contributed by atoms with van der Waals surface area (Å²) in [6.07, 6.45) is -3.68. The van der Waals surface area contributed by atoms with Gasteiger partial charge >= 0.3 is 30.1 Å². The lowest BCUT2D eigenvalue weighted by atomic mass is 9.79. The van der Waals surface area contributed by atoms with Gasteiger partial charge in [-0.25, -0.2) is 9.59 Å². The molecule has 0 N–H and O–H groups in total. The molecule has 0 saturated heterocycles. The molecule has 9 nitrogen and oxygen atoms in total. The number of alkyl halides is 3. The molecule has 0 saturated carbocycles. The Morgan fingerprint density at radius 3 is 1.54 bits per heavy atom. The van der Waals surface area contributed by atoms with Crippen molar-refractivity contribution in [2.75, 3.05) is 26.4 Å². The van der Waals surface area contributed by atoms with Gasteiger partial charge in [-0.05, 0) is 85.8 Å². The minimum absolute atomic E-state index is 0.242. The van der Waals surface area contributed by atoms with E-state index in [2.05, 4.69) is 4.74 Å². The summed E-state index contributed by atoms with van der Waals surface area (Å²) in [6, 6.07) is 0. The van der Waals surface area contributed by atoms with E-state index in [0.717, 1.165) is 11.1 Å². The Labute approximate surface area is 239 Å². The van der Waals surface area contributed by atoms with Gasteiger partial charge < -0.3 is 18.9 Å². The fourth-order valence-electron chi connectivity index (χ4n) is 3.48. The molecule has 1 atom stereocenters. The molecule has 0 aromatic heterocycles. The predicted molar refractivity (Wildman–Crippen MR) is 143 cm³/mol. The Bertz CT molecular complexity index is 1030. The van der Waals surface area contributed by atoms with Crippen LogP contribution in [0.15, 0.2) is 22.3 Å². The third-order valence-electron chi connectivity index (χ3n) is 7.09. The minimum Gasteiger partial charge on any atom is -0.462 e. The summed E-state index contributed by atoms with van der Waals surface area (Å²) in [5, 5.41) is 0. The first-order valence-corrected chi connectivity index (χ1v) is 13.3. The van der Waals surface area contributed by atoms with Crippen molar-refractivity contribution in [3.63, 3.8) is 0 Å². The quantitative estimate of drug-likeness (QED) is 0.0563. The average Bonchev–Trinajstić information content (AvgIpc) is 2.89. The van der Waals surface area contributed by atoms with Crippen molar-refractivity contribution in [3.05, 3.63) is 22.3 Å². The number of hydrogen-bond donors (Lipinski definition) is 0. The molecule has 0 aliphatic carbocycles. The van der Waals surface area contributed by atoms with E-state index in [1.165, 1.54) is 0 Å². The van der Waals surface area contributed by atoms with Gasteiger partial charge in [-0.3, -0.25) is 14.4 Å². The smallest absolute Gasteiger partial charge is 0.462 e. The van der Waals surface area contributed by atoms with Crippen molar-refractivity contribution in [2.24, 2.45) is 10.8 Å². The summed E-state index contributed by atoms with van der Waals surface area (Å²) < 4.78 is 55.7. The van der Waals surface area contributed by atoms with Crippen LogP contribution in [-0.4, -0.2) is 62.3 Å². The number of ketones is 1. The van der Waals surface area contributed by atoms with Crippen molar-refractivity contribution < 1.29 is 56.1 Å². The second kappa shape index (κ2) is 16.3. The molecule has 12 heteroatoms. The van der Waals surface area contributed by atoms with E-state index < -0.39 is 59.9 Å². The highest BCUT2D eigenvalue weighted by Crippen LogP contribution is 2.33. The highest BCUT2D eigenvalue weighted by molar-refractivity contribution is 6.40. The van der Waals surface area contributed by atoms with Crippen LogP contribution in [0, 0.1) is 10.8 Å². The number of carbonyl (C=O) groups is 5. The Morgan fingerprint density at radius 1 is 0.610 bits per heavy atom. The summed E-state index contributed by atoms with van der Waals surface area (Å²) in [4.78, 5) is 60.3. The first-order valence-electron chi connectivity index (χ1n) is 13.3. The Hall–Kier alpha value is -3.18. The van der Waals surface area contributed by atoms with Crippen LogP contribution in [0.2, 0.25) is 0 Å². The number of allylic oxidation sites excluding steroid dienone is 3. The van der Waals surface area contributed by atoms with E-state index in [9.17, 15) is 37.1 Å². The fraction of sp³-hybridized carbons (Fsp3) is 0.690. The third-order valence-corrected chi connectivity index (χ3v) is 7.09. The maximum absolute atomic E-state index is 12.6. The zero-order chi connectivity index (χ0) is 32.2. The van der Waals surface area contributed by atoms with E-state index in [0.29, 0.717) is 31.3 Å². The molecule has 0 rings (SSSR count). The fourth-order valence-corrected chi connectivity index (χ4v) is 3.48. The van der Waals surface area contributed by atoms with Gasteiger partial charge in [-0.1, -0.05) is 18.9 Å². The van der Waals surface area contributed by atoms with Crippen molar-refractivity contribution in [2.45, 2.75) is 94.2 Å². The molecule has 1 unspecified atom stereocenters. The molecule has 234 valence electrons. The zero-order valence-electron chi connectivity index (χ0n) is 25.5. The molecule has 0 aromatic rings. The zero-order valence-corrected chi connectivity index (χ0v) is 25.5. The number of carbonyl (C=O) groups excluding carboxylic acids is 5. The summed E-state index contributed by atoms with van der Waals surface area (Å²) >= 11 is 0. The second-order valence-corrected chi connectivity index (χ2v) is 10.9. The van der Waals surface area contributed by atoms with E-state index in [1.54, 1.807) is 41.5 Å². The molecular formula is C29H43F3O9. The van der Waals surface area contributed by atoms with E-state index in [-0.39, 0.29) is 18.8 Å². The van der Waals surface area contributed by atoms with Crippen LogP contribution in [0.5, 0.6) is 0 Å². The van der Waals surface area contributed by atoms with Crippen molar-refractivity contribution in [3.8, 4) is 0 Å². The van der Waals surface area contributed by atoms with Crippen LogP contribution in [0.25, 0.3) is 0 Å². The number of Topliss-reactive ketones (excluding diaryl/α,β-unsaturated/α-hetero) is 1. The molecule has 0 spiro atoms. The van der Waals surface area contributed by atoms with Crippen LogP contribution in [0.3, 0.4) is 0 Å². The number of ether oxygens (including phenoxy) is 4. The van der Waals surface area contributed by atoms with E-state index in [4.69, 9.17) is 14.2 Å². The third kappa shape index (κ3) is 12.5. The van der Waals surface area contributed by atoms with Crippen LogP contribution in [0.4, 0.5) is 13.2 Å². The van der Waals surface area contributed by atoms with Crippen molar-refractivity contribution >= 4 is 29.7 Å². The maximum atomic E-state index is 12.6. The molecule has 0 bridgehead atoms. The second-order valence-electron chi connectivity index (χ2n) is 10.9. The molecule has 0 heterocycles. The van der Waals surface area contributed by atoms with Crippen LogP contribution < -0.4 is 0 Å². The lowest BCUT2D eigenvalue weighted by molar-refractivity contribution is -0.201. The SMILES string of the molecule is CCC(C)(CCCC(C)(C)C(=O)OCCOC(=O)C(=O)/C(C)=C(\C)C(C)=C(C)C)C(=O)OCCOC(=O)C(F)(F)F. The lowest BCUT2D eigenvalue weighted by Gasteiger charge is -2.28. The summed E-state index contributed by atoms with van der Waals surface area (Å²) in [5.74, 6) is -5.38. The van der Waals surface area contributed by atoms with Gasteiger partial charge in [0, 0.05) is 5.57 Å². The molecular weight excluding hydrogens is 549 g/mol. The summed E-state index contributed by atoms with van der Waals surface area (Å²) in [6.45, 7) is 13.9. The van der Waals surface area contributed by atoms with Crippen LogP contribution >= 0.6 is 0 Å². The van der Waals surface area contributed by atoms with Gasteiger partial charge in [0.1, 0.15) is 26.4 Å². The number of rotatable bonds is 16. The lowest BCUT2D eigenvalue weighted by Crippen LogP contribution is -2.33. The van der Waals surface area contributed by atoms with Gasteiger partial charge in [-0.2, -0.15) is 13.2 Å². The highest BCUT2D eigenvalue weighted by Gasteiger charge is 2.41. The van der Waals surface area contributed by atoms with Gasteiger partial charge in [0.25, 0.3) is 5.78 Å². The van der Waals surface area contributed by atoms with Gasteiger partial charge in [0.2, 0.25) is 0 Å². The highest BCUT2D eigenvalue weighted by atomic mass is 19.4. The molecule has 0 aliphatic rings. The number of halogens is 3. The molecule has 0 radical (unpaired) electrons. The topological polar surface area (TPSA) is 122 Å². The average molecular weight is 593 g/mol.